The van der Waals surface area contributed by atoms with Gasteiger partial charge in [-0.15, -0.1) is 0 Å². The van der Waals surface area contributed by atoms with Gasteiger partial charge in [-0.05, 0) is 6.92 Å². The molecule has 0 bridgehead atoms. The Balaban J connectivity index is 4.13. The van der Waals surface area contributed by atoms with Crippen molar-refractivity contribution in [3.8, 4) is 0 Å². The number of hydrogen-bond donors (Lipinski definition) is 5. The van der Waals surface area contributed by atoms with Gasteiger partial charge in [0.15, 0.2) is 0 Å². The van der Waals surface area contributed by atoms with Gasteiger partial charge in [0.1, 0.15) is 6.10 Å². The monoisotopic (exact) mass is 159 g/mol. The maximum Gasteiger partial charge on any atom is 0.133 e. The van der Waals surface area contributed by atoms with E-state index in [1.165, 1.54) is 6.92 Å². The smallest absolute Gasteiger partial charge is 0.133 e. The van der Waals surface area contributed by atoms with Crippen molar-refractivity contribution in [3.05, 3.63) is 0 Å². The third kappa shape index (κ3) is 2.75. The molecule has 0 aromatic heterocycles. The summed E-state index contributed by atoms with van der Waals surface area (Å²) in [6, 6.07) is -0.586. The fourth-order valence-electron chi connectivity index (χ4n) is 0.523. The van der Waals surface area contributed by atoms with E-state index in [0.717, 1.165) is 0 Å². The van der Waals surface area contributed by atoms with Crippen molar-refractivity contribution in [3.63, 3.8) is 0 Å². The molecule has 2 unspecified atom stereocenters. The van der Waals surface area contributed by atoms with Crippen molar-refractivity contribution in [1.29, 1.82) is 10.8 Å². The molecule has 0 saturated heterocycles. The molecule has 0 rings (SSSR count). The molecule has 0 aliphatic rings. The van der Waals surface area contributed by atoms with Gasteiger partial charge in [-0.3, -0.25) is 0 Å². The fraction of sp³-hybridized carbons (Fsp3) is 0.667. The zero-order chi connectivity index (χ0) is 9.02. The van der Waals surface area contributed by atoms with E-state index in [1.54, 1.807) is 0 Å². The van der Waals surface area contributed by atoms with E-state index >= 15 is 0 Å². The Hall–Kier alpha value is -0.780. The van der Waals surface area contributed by atoms with Crippen LogP contribution in [-0.2, 0) is 0 Å². The summed E-state index contributed by atoms with van der Waals surface area (Å²) in [6.07, 6.45) is -1.33. The van der Waals surface area contributed by atoms with Gasteiger partial charge in [-0.25, -0.2) is 0 Å². The Labute approximate surface area is 64.9 Å². The summed E-state index contributed by atoms with van der Waals surface area (Å²) < 4.78 is 0. The summed E-state index contributed by atoms with van der Waals surface area (Å²) in [5.74, 6) is 0. The molecule has 0 aromatic rings. The summed E-state index contributed by atoms with van der Waals surface area (Å²) in [4.78, 5) is 0. The number of aliphatic hydroxyl groups excluding tert-OH is 2. The normalized spacial score (nSPS) is 15.6. The van der Waals surface area contributed by atoms with Crippen molar-refractivity contribution >= 4 is 11.4 Å². The maximum atomic E-state index is 9.07. The van der Waals surface area contributed by atoms with Gasteiger partial charge in [-0.1, -0.05) is 0 Å². The van der Waals surface area contributed by atoms with Gasteiger partial charge in [0, 0.05) is 6.04 Å². The number of hydrogen-bond acceptors (Lipinski definition) is 5. The van der Waals surface area contributed by atoms with Crippen molar-refractivity contribution in [1.82, 2.24) is 0 Å². The molecule has 0 amide bonds. The molecule has 5 nitrogen and oxygen atoms in total. The first kappa shape index (κ1) is 10.2. The minimum atomic E-state index is -1.33. The molecule has 5 heteroatoms. The molecule has 6 N–H and O–H groups in total. The van der Waals surface area contributed by atoms with Crippen LogP contribution in [0.1, 0.15) is 6.92 Å². The van der Waals surface area contributed by atoms with Gasteiger partial charge >= 0.3 is 0 Å². The van der Waals surface area contributed by atoms with Crippen LogP contribution in [-0.4, -0.2) is 40.4 Å². The van der Waals surface area contributed by atoms with Gasteiger partial charge in [0.25, 0.3) is 0 Å². The highest BCUT2D eigenvalue weighted by atomic mass is 16.3. The van der Waals surface area contributed by atoms with Crippen LogP contribution < -0.4 is 5.73 Å². The third-order valence-corrected chi connectivity index (χ3v) is 1.29. The van der Waals surface area contributed by atoms with E-state index < -0.39 is 18.8 Å². The van der Waals surface area contributed by atoms with Gasteiger partial charge < -0.3 is 26.8 Å². The van der Waals surface area contributed by atoms with Gasteiger partial charge in [0.05, 0.1) is 18.0 Å². The Bertz CT molecular complexity index is 167. The largest absolute Gasteiger partial charge is 0.390 e. The van der Waals surface area contributed by atoms with Gasteiger partial charge in [0.2, 0.25) is 0 Å². The Morgan fingerprint density at radius 1 is 1.55 bits per heavy atom. The molecule has 0 spiro atoms. The molecular weight excluding hydrogens is 146 g/mol. The Morgan fingerprint density at radius 2 is 2.00 bits per heavy atom. The number of aliphatic hydroxyl groups is 2. The molecule has 0 aliphatic heterocycles. The van der Waals surface area contributed by atoms with Crippen molar-refractivity contribution in [2.45, 2.75) is 19.1 Å². The van der Waals surface area contributed by atoms with Crippen molar-refractivity contribution < 1.29 is 10.2 Å². The average molecular weight is 159 g/mol. The number of nitrogens with one attached hydrogen (secondary N) is 2. The number of rotatable bonds is 4. The summed E-state index contributed by atoms with van der Waals surface area (Å²) >= 11 is 0. The van der Waals surface area contributed by atoms with Crippen molar-refractivity contribution in [2.75, 3.05) is 6.61 Å². The third-order valence-electron chi connectivity index (χ3n) is 1.29. The lowest BCUT2D eigenvalue weighted by Gasteiger charge is -2.14. The van der Waals surface area contributed by atoms with Crippen LogP contribution in [0.25, 0.3) is 0 Å². The van der Waals surface area contributed by atoms with E-state index in [0.29, 0.717) is 0 Å². The molecule has 0 heterocycles. The SMILES string of the molecule is CC(N)C(=N)C(O)C(=N)CO. The second kappa shape index (κ2) is 4.17. The predicted octanol–water partition coefficient (Wildman–Crippen LogP) is -1.27. The minimum absolute atomic E-state index is 0.149. The van der Waals surface area contributed by atoms with E-state index in [1.807, 2.05) is 0 Å². The zero-order valence-electron chi connectivity index (χ0n) is 6.33. The van der Waals surface area contributed by atoms with E-state index in [4.69, 9.17) is 26.8 Å². The quantitative estimate of drug-likeness (QED) is 0.329. The predicted molar refractivity (Wildman–Crippen MR) is 42.2 cm³/mol. The second-order valence-corrected chi connectivity index (χ2v) is 2.33. The lowest BCUT2D eigenvalue weighted by Crippen LogP contribution is -2.41. The highest BCUT2D eigenvalue weighted by Gasteiger charge is 2.18. The van der Waals surface area contributed by atoms with Crippen LogP contribution in [0.15, 0.2) is 0 Å². The van der Waals surface area contributed by atoms with Crippen LogP contribution >= 0.6 is 0 Å². The molecule has 0 aliphatic carbocycles. The Morgan fingerprint density at radius 3 is 2.27 bits per heavy atom. The molecule has 0 saturated carbocycles. The van der Waals surface area contributed by atoms with Gasteiger partial charge in [-0.2, -0.15) is 0 Å². The maximum absolute atomic E-state index is 9.07. The molecule has 2 atom stereocenters. The van der Waals surface area contributed by atoms with Crippen LogP contribution in [0, 0.1) is 10.8 Å². The van der Waals surface area contributed by atoms with E-state index in [9.17, 15) is 0 Å². The average Bonchev–Trinajstić information content (AvgIpc) is 2.00. The minimum Gasteiger partial charge on any atom is -0.390 e. The standard InChI is InChI=1S/C6H13N3O2/c1-3(7)5(9)6(11)4(8)2-10/h3,6,8-11H,2,7H2,1H3. The van der Waals surface area contributed by atoms with E-state index in [2.05, 4.69) is 0 Å². The molecule has 0 radical (unpaired) electrons. The summed E-state index contributed by atoms with van der Waals surface area (Å²) in [6.45, 7) is 0.993. The molecular formula is C6H13N3O2. The Kier molecular flexibility index (Phi) is 3.88. The highest BCUT2D eigenvalue weighted by molar-refractivity contribution is 6.09. The first-order valence-corrected chi connectivity index (χ1v) is 3.20. The van der Waals surface area contributed by atoms with Crippen molar-refractivity contribution in [2.24, 2.45) is 5.73 Å². The molecule has 64 valence electrons. The van der Waals surface area contributed by atoms with Crippen LogP contribution in [0.5, 0.6) is 0 Å². The second-order valence-electron chi connectivity index (χ2n) is 2.33. The number of nitrogens with two attached hydrogens (primary N) is 1. The van der Waals surface area contributed by atoms with Crippen LogP contribution in [0.3, 0.4) is 0 Å². The zero-order valence-corrected chi connectivity index (χ0v) is 6.33. The molecule has 0 fully saturated rings. The molecule has 11 heavy (non-hydrogen) atoms. The van der Waals surface area contributed by atoms with E-state index in [-0.39, 0.29) is 11.4 Å². The van der Waals surface area contributed by atoms with Crippen LogP contribution in [0.4, 0.5) is 0 Å². The molecule has 0 aromatic carbocycles. The summed E-state index contributed by atoms with van der Waals surface area (Å²) in [5.41, 5.74) is 4.82. The fourth-order valence-corrected chi connectivity index (χ4v) is 0.523. The first-order valence-electron chi connectivity index (χ1n) is 3.20. The summed E-state index contributed by atoms with van der Waals surface area (Å²) in [5, 5.41) is 31.6. The first-order chi connectivity index (χ1) is 5.00. The van der Waals surface area contributed by atoms with Crippen LogP contribution in [0.2, 0.25) is 0 Å². The summed E-state index contributed by atoms with van der Waals surface area (Å²) in [7, 11) is 0. The topological polar surface area (TPSA) is 114 Å². The lowest BCUT2D eigenvalue weighted by atomic mass is 10.1. The highest BCUT2D eigenvalue weighted by Crippen LogP contribution is 1.92. The lowest BCUT2D eigenvalue weighted by molar-refractivity contribution is 0.278.